The Morgan fingerprint density at radius 2 is 1.35 bits per heavy atom. The first-order chi connectivity index (χ1) is 18.8. The van der Waals surface area contributed by atoms with Crippen LogP contribution in [-0.2, 0) is 16.8 Å². The minimum Gasteiger partial charge on any atom is -0.0149 e. The second kappa shape index (κ2) is 12.8. The van der Waals surface area contributed by atoms with Crippen molar-refractivity contribution in [3.63, 3.8) is 0 Å². The van der Waals surface area contributed by atoms with Gasteiger partial charge in [0.2, 0.25) is 0 Å². The van der Waals surface area contributed by atoms with Crippen LogP contribution in [0.2, 0.25) is 10.5 Å². The van der Waals surface area contributed by atoms with Gasteiger partial charge in [-0.25, -0.2) is 0 Å². The fourth-order valence-electron chi connectivity index (χ4n) is 5.23. The summed E-state index contributed by atoms with van der Waals surface area (Å²) in [5.74, 6) is 0.0234. The SMILES string of the molecule is Cc1ccc(C=CC=C(C2=C[CH]([Ti]([CH3])([CH3])[NH]C(=O)c3ccccc3)c3ccccc32)c2ccc(C)cc2)cc1.[SiH4]. The number of hydrogen-bond acceptors (Lipinski definition) is 1. The zero-order chi connectivity index (χ0) is 27.4. The smallest absolute Gasteiger partial charge is 0.0149 e. The van der Waals surface area contributed by atoms with Crippen LogP contribution in [-0.4, -0.2) is 16.9 Å². The normalized spacial score (nSPS) is 14.8. The molecule has 0 fully saturated rings. The summed E-state index contributed by atoms with van der Waals surface area (Å²) in [6.07, 6.45) is 8.97. The number of amides is 1. The maximum atomic E-state index is 13.2. The minimum atomic E-state index is -2.90. The molecule has 4 aromatic rings. The van der Waals surface area contributed by atoms with Crippen LogP contribution in [0.5, 0.6) is 0 Å². The van der Waals surface area contributed by atoms with Gasteiger partial charge in [-0.15, -0.1) is 0 Å². The Bertz CT molecular complexity index is 1570. The summed E-state index contributed by atoms with van der Waals surface area (Å²) >= 11 is -2.90. The van der Waals surface area contributed by atoms with E-state index in [-0.39, 0.29) is 21.1 Å². The van der Waals surface area contributed by atoms with Gasteiger partial charge in [0.1, 0.15) is 0 Å². The molecule has 1 amide bonds. The van der Waals surface area contributed by atoms with Crippen LogP contribution in [0.15, 0.2) is 121 Å². The third-order valence-electron chi connectivity index (χ3n) is 7.45. The van der Waals surface area contributed by atoms with Crippen molar-refractivity contribution in [2.45, 2.75) is 28.5 Å². The molecule has 0 spiro atoms. The number of rotatable bonds is 7. The molecule has 0 saturated heterocycles. The van der Waals surface area contributed by atoms with E-state index in [1.807, 2.05) is 30.3 Å². The molecule has 1 aliphatic carbocycles. The van der Waals surface area contributed by atoms with Crippen molar-refractivity contribution in [1.82, 2.24) is 3.80 Å². The number of nitrogens with one attached hydrogen (secondary N) is 1. The Hall–Kier alpha value is -3.50. The molecule has 1 N–H and O–H groups in total. The second-order valence-electron chi connectivity index (χ2n) is 10.9. The van der Waals surface area contributed by atoms with Gasteiger partial charge in [-0.2, -0.15) is 0 Å². The number of carbonyl (C=O) groups excluding carboxylic acids is 1. The van der Waals surface area contributed by atoms with Crippen molar-refractivity contribution in [3.8, 4) is 0 Å². The molecule has 0 aliphatic heterocycles. The number of benzene rings is 4. The zero-order valence-electron chi connectivity index (χ0n) is 23.1. The Morgan fingerprint density at radius 1 is 0.750 bits per heavy atom. The van der Waals surface area contributed by atoms with E-state index in [0.29, 0.717) is 5.56 Å². The van der Waals surface area contributed by atoms with E-state index in [4.69, 9.17) is 0 Å². The summed E-state index contributed by atoms with van der Waals surface area (Å²) in [7, 11) is 0. The van der Waals surface area contributed by atoms with Crippen LogP contribution in [0.3, 0.4) is 0 Å². The molecule has 2 nitrogen and oxygen atoms in total. The molecule has 1 atom stereocenters. The molecule has 1 unspecified atom stereocenters. The van der Waals surface area contributed by atoms with Gasteiger partial charge in [0.15, 0.2) is 0 Å². The van der Waals surface area contributed by atoms with E-state index in [1.165, 1.54) is 44.5 Å². The van der Waals surface area contributed by atoms with Crippen molar-refractivity contribution in [1.29, 1.82) is 0 Å². The standard InChI is InChI=1S/C27H23.C7H7NO.2CH3.H4Si.Ti/c1-20-10-14-22(15-11-20)6-5-9-26(24-16-12-21(2)13-17-24)27-19-18-23-7-3-4-8-25(23)27;8-7(9)6-4-2-1-3-5-6;;;;/h3-19H,1-2H3;1-5H,(H2,8,9);2*1H3;1H4;/q;;;;;+1/p-1. The van der Waals surface area contributed by atoms with Gasteiger partial charge in [-0.3, -0.25) is 0 Å². The van der Waals surface area contributed by atoms with Crippen molar-refractivity contribution in [2.75, 3.05) is 0 Å². The maximum absolute atomic E-state index is 13.2. The van der Waals surface area contributed by atoms with Gasteiger partial charge in [0.05, 0.1) is 0 Å². The van der Waals surface area contributed by atoms with E-state index < -0.39 is 16.8 Å². The monoisotopic (exact) mass is 577 g/mol. The molecule has 0 heterocycles. The van der Waals surface area contributed by atoms with Crippen molar-refractivity contribution in [3.05, 3.63) is 160 Å². The second-order valence-corrected chi connectivity index (χ2v) is 17.6. The number of hydrogen-bond donors (Lipinski definition) is 1. The summed E-state index contributed by atoms with van der Waals surface area (Å²) in [5.41, 5.74) is 10.6. The van der Waals surface area contributed by atoms with Gasteiger partial charge in [0, 0.05) is 0 Å². The van der Waals surface area contributed by atoms with E-state index in [0.717, 1.165) is 0 Å². The Morgan fingerprint density at radius 3 is 2.02 bits per heavy atom. The van der Waals surface area contributed by atoms with Crippen molar-refractivity contribution in [2.24, 2.45) is 0 Å². The molecule has 4 heteroatoms. The first-order valence-corrected chi connectivity index (χ1v) is 18.3. The fraction of sp³-hybridized carbons (Fsp3) is 0.139. The molecule has 4 aromatic carbocycles. The van der Waals surface area contributed by atoms with Gasteiger partial charge in [0.25, 0.3) is 0 Å². The van der Waals surface area contributed by atoms with Crippen molar-refractivity contribution >= 4 is 34.1 Å². The number of allylic oxidation sites excluding steroid dienone is 5. The molecule has 202 valence electrons. The van der Waals surface area contributed by atoms with Gasteiger partial charge >= 0.3 is 237 Å². The predicted octanol–water partition coefficient (Wildman–Crippen LogP) is 7.68. The molecule has 0 aromatic heterocycles. The zero-order valence-corrected chi connectivity index (χ0v) is 24.7. The van der Waals surface area contributed by atoms with Gasteiger partial charge in [-0.1, -0.05) is 0 Å². The Kier molecular flexibility index (Phi) is 9.42. The molecule has 5 rings (SSSR count). The maximum Gasteiger partial charge on any atom is -0.0149 e. The van der Waals surface area contributed by atoms with E-state index in [2.05, 4.69) is 125 Å². The molecule has 0 saturated carbocycles. The van der Waals surface area contributed by atoms with E-state index >= 15 is 0 Å². The van der Waals surface area contributed by atoms with E-state index in [9.17, 15) is 4.79 Å². The largest absolute Gasteiger partial charge is 0.0149 e. The summed E-state index contributed by atoms with van der Waals surface area (Å²) in [6, 6.07) is 35.6. The van der Waals surface area contributed by atoms with Gasteiger partial charge < -0.3 is 0 Å². The Labute approximate surface area is 247 Å². The van der Waals surface area contributed by atoms with E-state index in [1.54, 1.807) is 0 Å². The summed E-state index contributed by atoms with van der Waals surface area (Å²) in [4.78, 5) is 13.2. The molecule has 40 heavy (non-hydrogen) atoms. The molecular formula is C36H39NOSiTi. The van der Waals surface area contributed by atoms with Crippen LogP contribution in [0.4, 0.5) is 0 Å². The average molecular weight is 578 g/mol. The topological polar surface area (TPSA) is 29.1 Å². The first kappa shape index (κ1) is 29.5. The Balaban J connectivity index is 0.00000370. The summed E-state index contributed by atoms with van der Waals surface area (Å²) in [5, 5.41) is 4.60. The van der Waals surface area contributed by atoms with Crippen LogP contribution in [0.1, 0.15) is 48.0 Å². The van der Waals surface area contributed by atoms with Gasteiger partial charge in [-0.05, 0) is 11.0 Å². The average Bonchev–Trinajstić information content (AvgIpc) is 3.34. The number of carbonyl (C=O) groups is 1. The first-order valence-electron chi connectivity index (χ1n) is 13.5. The minimum absolute atomic E-state index is 0. The molecule has 0 radical (unpaired) electrons. The summed E-state index contributed by atoms with van der Waals surface area (Å²) < 4.78 is 3.71. The van der Waals surface area contributed by atoms with Crippen LogP contribution >= 0.6 is 0 Å². The van der Waals surface area contributed by atoms with Crippen LogP contribution < -0.4 is 3.80 Å². The summed E-state index contributed by atoms with van der Waals surface area (Å²) in [6.45, 7) is 4.23. The third kappa shape index (κ3) is 6.62. The van der Waals surface area contributed by atoms with Crippen LogP contribution in [0.25, 0.3) is 17.2 Å². The number of aryl methyl sites for hydroxylation is 2. The molecule has 1 aliphatic rings. The molecule has 0 bridgehead atoms. The third-order valence-corrected chi connectivity index (χ3v) is 12.0. The molecular weight excluding hydrogens is 538 g/mol. The van der Waals surface area contributed by atoms with Crippen molar-refractivity contribution < 1.29 is 21.6 Å². The number of fused-ring (bicyclic) bond motifs is 1. The van der Waals surface area contributed by atoms with Crippen LogP contribution in [0, 0.1) is 13.8 Å². The fourth-order valence-corrected chi connectivity index (χ4v) is 9.13. The quantitative estimate of drug-likeness (QED) is 0.177. The predicted molar refractivity (Wildman–Crippen MR) is 173 cm³/mol.